The van der Waals surface area contributed by atoms with Gasteiger partial charge in [0.2, 0.25) is 0 Å². The Bertz CT molecular complexity index is 1240. The lowest BCUT2D eigenvalue weighted by atomic mass is 10.1. The molecule has 0 radical (unpaired) electrons. The summed E-state index contributed by atoms with van der Waals surface area (Å²) in [7, 11) is -9.51. The van der Waals surface area contributed by atoms with E-state index in [-0.39, 0.29) is 22.4 Å². The molecule has 35 heavy (non-hydrogen) atoms. The van der Waals surface area contributed by atoms with Crippen molar-refractivity contribution in [3.8, 4) is 6.07 Å². The largest absolute Gasteiger partial charge is 0.387 e. The average Bonchev–Trinajstić information content (AvgIpc) is 3.46. The SMILES string of the molecule is N#Cc1c(Cl)nc2c(ccn2[C@H]2O[C@H](COP(=O)(O)CP(=O)(O)O)[C@@H](O)[C@H]2O)c1NC1CCCC1. The Labute approximate surface area is 204 Å². The molecule has 1 aliphatic heterocycles. The fourth-order valence-electron chi connectivity index (χ4n) is 4.43. The third-order valence-corrected chi connectivity index (χ3v) is 9.78. The molecule has 192 valence electrons. The second-order valence-electron chi connectivity index (χ2n) is 8.64. The van der Waals surface area contributed by atoms with Crippen LogP contribution in [0, 0.1) is 11.3 Å². The minimum atomic E-state index is -4.83. The van der Waals surface area contributed by atoms with Crippen LogP contribution in [0.25, 0.3) is 11.0 Å². The molecule has 13 nitrogen and oxygen atoms in total. The third kappa shape index (κ3) is 5.73. The maximum Gasteiger partial charge on any atom is 0.340 e. The number of hydrogen-bond donors (Lipinski definition) is 6. The first-order valence-electron chi connectivity index (χ1n) is 10.8. The highest BCUT2D eigenvalue weighted by Crippen LogP contribution is 2.55. The van der Waals surface area contributed by atoms with Gasteiger partial charge in [-0.25, -0.2) is 4.98 Å². The van der Waals surface area contributed by atoms with E-state index in [1.165, 1.54) is 4.57 Å². The quantitative estimate of drug-likeness (QED) is 0.206. The molecule has 0 aromatic carbocycles. The van der Waals surface area contributed by atoms with Crippen molar-refractivity contribution in [1.82, 2.24) is 9.55 Å². The van der Waals surface area contributed by atoms with Crippen LogP contribution in [0.4, 0.5) is 5.69 Å². The van der Waals surface area contributed by atoms with Crippen LogP contribution in [0.2, 0.25) is 5.15 Å². The van der Waals surface area contributed by atoms with Gasteiger partial charge in [0, 0.05) is 17.6 Å². The zero-order valence-electron chi connectivity index (χ0n) is 18.3. The third-order valence-electron chi connectivity index (χ3n) is 6.05. The van der Waals surface area contributed by atoms with Gasteiger partial charge in [-0.3, -0.25) is 9.13 Å². The van der Waals surface area contributed by atoms with Gasteiger partial charge >= 0.3 is 15.2 Å². The first-order valence-corrected chi connectivity index (χ1v) is 14.7. The summed E-state index contributed by atoms with van der Waals surface area (Å²) >= 11 is 6.29. The van der Waals surface area contributed by atoms with E-state index in [1.807, 2.05) is 0 Å². The van der Waals surface area contributed by atoms with E-state index in [2.05, 4.69) is 16.4 Å². The van der Waals surface area contributed by atoms with Crippen LogP contribution < -0.4 is 5.32 Å². The summed E-state index contributed by atoms with van der Waals surface area (Å²) in [6.45, 7) is -0.705. The first kappa shape index (κ1) is 26.5. The molecule has 5 atom stereocenters. The summed E-state index contributed by atoms with van der Waals surface area (Å²) in [5.74, 6) is -1.39. The number of pyridine rings is 1. The zero-order valence-corrected chi connectivity index (χ0v) is 20.8. The minimum absolute atomic E-state index is 0.0491. The zero-order chi connectivity index (χ0) is 25.5. The topological polar surface area (TPSA) is 207 Å². The number of aliphatic hydroxyl groups is 2. The van der Waals surface area contributed by atoms with E-state index in [9.17, 15) is 29.5 Å². The number of nitrogens with zero attached hydrogens (tertiary/aromatic N) is 3. The second-order valence-corrected chi connectivity index (χ2v) is 13.0. The number of aliphatic hydroxyl groups excluding tert-OH is 2. The van der Waals surface area contributed by atoms with Crippen molar-refractivity contribution in [3.63, 3.8) is 0 Å². The molecule has 2 aliphatic rings. The first-order chi connectivity index (χ1) is 16.4. The average molecular weight is 551 g/mol. The van der Waals surface area contributed by atoms with Crippen LogP contribution in [-0.4, -0.2) is 71.3 Å². The van der Waals surface area contributed by atoms with Gasteiger partial charge in [0.1, 0.15) is 35.6 Å². The normalized spacial score (nSPS) is 27.2. The molecule has 16 heteroatoms. The summed E-state index contributed by atoms with van der Waals surface area (Å²) in [5.41, 5.74) is 0.980. The lowest BCUT2D eigenvalue weighted by Crippen LogP contribution is -2.33. The molecule has 0 amide bonds. The minimum Gasteiger partial charge on any atom is -0.387 e. The standard InChI is InChI=1S/C19H25ClN4O9P2/c20-17-12(7-21)14(22-10-3-1-2-4-10)11-5-6-24(18(11)23-17)19-16(26)15(25)13(33-19)8-32-35(30,31)9-34(27,28)29/h5-6,10,13,15-16,19,25-26H,1-4,8-9H2,(H,22,23)(H,30,31)(H2,27,28,29)/t13-,15-,16-,19+/m1/s1. The van der Waals surface area contributed by atoms with Crippen LogP contribution >= 0.6 is 26.8 Å². The highest BCUT2D eigenvalue weighted by atomic mass is 35.5. The Morgan fingerprint density at radius 1 is 1.26 bits per heavy atom. The monoisotopic (exact) mass is 550 g/mol. The molecule has 2 aromatic rings. The molecule has 0 spiro atoms. The van der Waals surface area contributed by atoms with E-state index in [4.69, 9.17) is 30.6 Å². The van der Waals surface area contributed by atoms with Crippen LogP contribution in [0.5, 0.6) is 0 Å². The Hall–Kier alpha value is -1.55. The summed E-state index contributed by atoms with van der Waals surface area (Å²) in [6.07, 6.45) is 0.0653. The van der Waals surface area contributed by atoms with E-state index >= 15 is 0 Å². The predicted molar refractivity (Wildman–Crippen MR) is 124 cm³/mol. The van der Waals surface area contributed by atoms with Gasteiger partial charge in [-0.05, 0) is 18.9 Å². The van der Waals surface area contributed by atoms with Gasteiger partial charge in [-0.15, -0.1) is 0 Å². The van der Waals surface area contributed by atoms with Gasteiger partial charge in [0.25, 0.3) is 0 Å². The molecule has 4 rings (SSSR count). The molecule has 2 aromatic heterocycles. The molecular weight excluding hydrogens is 526 g/mol. The number of nitriles is 1. The Kier molecular flexibility index (Phi) is 7.63. The van der Waals surface area contributed by atoms with Gasteiger partial charge in [0.05, 0.1) is 12.3 Å². The number of halogens is 1. The summed E-state index contributed by atoms with van der Waals surface area (Å²) < 4.78 is 34.8. The van der Waals surface area contributed by atoms with Gasteiger partial charge < -0.3 is 44.0 Å². The van der Waals surface area contributed by atoms with Crippen molar-refractivity contribution in [3.05, 3.63) is 23.0 Å². The molecule has 6 N–H and O–H groups in total. The molecule has 1 saturated carbocycles. The van der Waals surface area contributed by atoms with Crippen molar-refractivity contribution in [2.45, 2.75) is 56.3 Å². The van der Waals surface area contributed by atoms with E-state index in [0.717, 1.165) is 25.7 Å². The fourth-order valence-corrected chi connectivity index (χ4v) is 7.22. The van der Waals surface area contributed by atoms with Crippen LogP contribution in [0.1, 0.15) is 37.5 Å². The predicted octanol–water partition coefficient (Wildman–Crippen LogP) is 1.87. The molecule has 1 aliphatic carbocycles. The lowest BCUT2D eigenvalue weighted by Gasteiger charge is -2.20. The van der Waals surface area contributed by atoms with E-state index in [0.29, 0.717) is 11.1 Å². The smallest absolute Gasteiger partial charge is 0.340 e. The molecule has 1 unspecified atom stereocenters. The van der Waals surface area contributed by atoms with Gasteiger partial charge in [0.15, 0.2) is 17.3 Å². The molecule has 1 saturated heterocycles. The van der Waals surface area contributed by atoms with Crippen molar-refractivity contribution in [2.75, 3.05) is 17.8 Å². The summed E-state index contributed by atoms with van der Waals surface area (Å²) in [6, 6.07) is 3.91. The highest BCUT2D eigenvalue weighted by Gasteiger charge is 2.45. The van der Waals surface area contributed by atoms with Crippen molar-refractivity contribution >= 4 is 43.5 Å². The number of nitrogens with one attached hydrogen (secondary N) is 1. The number of aromatic nitrogens is 2. The van der Waals surface area contributed by atoms with E-state index in [1.54, 1.807) is 12.3 Å². The van der Waals surface area contributed by atoms with Crippen LogP contribution in [0.15, 0.2) is 12.3 Å². The van der Waals surface area contributed by atoms with Gasteiger partial charge in [-0.1, -0.05) is 24.4 Å². The van der Waals surface area contributed by atoms with Gasteiger partial charge in [-0.2, -0.15) is 5.26 Å². The number of anilines is 1. The molecule has 2 fully saturated rings. The summed E-state index contributed by atoms with van der Waals surface area (Å²) in [5, 5.41) is 34.5. The summed E-state index contributed by atoms with van der Waals surface area (Å²) in [4.78, 5) is 31.8. The van der Waals surface area contributed by atoms with Crippen LogP contribution in [-0.2, 0) is 18.4 Å². The van der Waals surface area contributed by atoms with Crippen molar-refractivity contribution in [2.24, 2.45) is 0 Å². The second kappa shape index (κ2) is 10.1. The fraction of sp³-hybridized carbons (Fsp3) is 0.579. The number of hydrogen-bond acceptors (Lipinski definition) is 9. The Balaban J connectivity index is 1.59. The molecule has 0 bridgehead atoms. The maximum absolute atomic E-state index is 11.9. The molecule has 3 heterocycles. The molecular formula is C19H25ClN4O9P2. The van der Waals surface area contributed by atoms with Crippen LogP contribution in [0.3, 0.4) is 0 Å². The lowest BCUT2D eigenvalue weighted by molar-refractivity contribution is -0.0481. The van der Waals surface area contributed by atoms with E-state index < -0.39 is 52.2 Å². The van der Waals surface area contributed by atoms with Crippen molar-refractivity contribution in [1.29, 1.82) is 5.26 Å². The van der Waals surface area contributed by atoms with Crippen molar-refractivity contribution < 1.29 is 43.3 Å². The number of ether oxygens (including phenoxy) is 1. The Morgan fingerprint density at radius 2 is 1.94 bits per heavy atom. The highest BCUT2D eigenvalue weighted by molar-refractivity contribution is 7.70. The Morgan fingerprint density at radius 3 is 2.57 bits per heavy atom. The number of rotatable bonds is 8. The number of fused-ring (bicyclic) bond motifs is 1. The maximum atomic E-state index is 11.9.